The van der Waals surface area contributed by atoms with Gasteiger partial charge in [-0.15, -0.1) is 11.3 Å². The van der Waals surface area contributed by atoms with Gasteiger partial charge in [0.25, 0.3) is 0 Å². The fourth-order valence-corrected chi connectivity index (χ4v) is 3.87. The van der Waals surface area contributed by atoms with E-state index in [0.717, 1.165) is 0 Å². The van der Waals surface area contributed by atoms with E-state index in [2.05, 4.69) is 26.6 Å². The lowest BCUT2D eigenvalue weighted by atomic mass is 10.2. The molecule has 1 aliphatic heterocycles. The maximum absolute atomic E-state index is 12.5. The monoisotopic (exact) mass is 377 g/mol. The number of nitrogens with zero attached hydrogens (tertiary/aromatic N) is 3. The standard InChI is InChI=1S/C16H26F3N5S/c1-20-15(21-9-13(23(2)3)14-5-4-8-25-14)22-12-6-7-24(10-12)11-16(17,18)19/h4-5,8,12-13H,6-7,9-11H2,1-3H3,(H2,20,21,22). The van der Waals surface area contributed by atoms with Gasteiger partial charge < -0.3 is 15.5 Å². The van der Waals surface area contributed by atoms with Gasteiger partial charge in [-0.1, -0.05) is 6.07 Å². The Morgan fingerprint density at radius 3 is 2.80 bits per heavy atom. The minimum Gasteiger partial charge on any atom is -0.354 e. The number of likely N-dealkylation sites (tertiary alicyclic amines) is 1. The molecule has 0 saturated carbocycles. The van der Waals surface area contributed by atoms with Crippen molar-refractivity contribution in [1.29, 1.82) is 0 Å². The summed E-state index contributed by atoms with van der Waals surface area (Å²) in [5, 5.41) is 8.58. The molecule has 2 rings (SSSR count). The smallest absolute Gasteiger partial charge is 0.354 e. The molecule has 1 aliphatic rings. The first-order valence-corrected chi connectivity index (χ1v) is 9.12. The Kier molecular flexibility index (Phi) is 7.09. The Bertz CT molecular complexity index is 544. The van der Waals surface area contributed by atoms with E-state index in [9.17, 15) is 13.2 Å². The molecule has 25 heavy (non-hydrogen) atoms. The van der Waals surface area contributed by atoms with Gasteiger partial charge in [0.15, 0.2) is 5.96 Å². The van der Waals surface area contributed by atoms with Crippen molar-refractivity contribution in [2.75, 3.05) is 47.3 Å². The summed E-state index contributed by atoms with van der Waals surface area (Å²) < 4.78 is 37.4. The lowest BCUT2D eigenvalue weighted by Crippen LogP contribution is -2.47. The van der Waals surface area contributed by atoms with E-state index in [4.69, 9.17) is 0 Å². The minimum atomic E-state index is -4.14. The lowest BCUT2D eigenvalue weighted by molar-refractivity contribution is -0.143. The van der Waals surface area contributed by atoms with Gasteiger partial charge in [0.2, 0.25) is 0 Å². The van der Waals surface area contributed by atoms with E-state index in [1.165, 1.54) is 9.78 Å². The van der Waals surface area contributed by atoms with Crippen molar-refractivity contribution in [3.05, 3.63) is 22.4 Å². The molecule has 0 aromatic carbocycles. The molecule has 9 heteroatoms. The van der Waals surface area contributed by atoms with Crippen molar-refractivity contribution < 1.29 is 13.2 Å². The first-order valence-electron chi connectivity index (χ1n) is 8.24. The van der Waals surface area contributed by atoms with Crippen molar-refractivity contribution in [3.63, 3.8) is 0 Å². The van der Waals surface area contributed by atoms with Crippen molar-refractivity contribution in [3.8, 4) is 0 Å². The molecule has 2 atom stereocenters. The second-order valence-electron chi connectivity index (χ2n) is 6.43. The molecule has 0 radical (unpaired) electrons. The summed E-state index contributed by atoms with van der Waals surface area (Å²) in [5.74, 6) is 0.627. The van der Waals surface area contributed by atoms with Crippen LogP contribution in [0.4, 0.5) is 13.2 Å². The summed E-state index contributed by atoms with van der Waals surface area (Å²) in [7, 11) is 5.72. The Hall–Kier alpha value is -1.32. The number of halogens is 3. The summed E-state index contributed by atoms with van der Waals surface area (Å²) >= 11 is 1.70. The third-order valence-electron chi connectivity index (χ3n) is 4.20. The van der Waals surface area contributed by atoms with Crippen molar-refractivity contribution in [2.45, 2.75) is 24.7 Å². The van der Waals surface area contributed by atoms with Crippen LogP contribution in [0.25, 0.3) is 0 Å². The van der Waals surface area contributed by atoms with Gasteiger partial charge in [-0.25, -0.2) is 0 Å². The maximum atomic E-state index is 12.5. The fraction of sp³-hybridized carbons (Fsp3) is 0.688. The Morgan fingerprint density at radius 2 is 2.24 bits per heavy atom. The zero-order valence-electron chi connectivity index (χ0n) is 14.8. The van der Waals surface area contributed by atoms with Crippen LogP contribution in [0.1, 0.15) is 17.3 Å². The highest BCUT2D eigenvalue weighted by molar-refractivity contribution is 7.10. The molecule has 0 spiro atoms. The SMILES string of the molecule is CN=C(NCC(c1cccs1)N(C)C)NC1CCN(CC(F)(F)F)C1. The summed E-state index contributed by atoms with van der Waals surface area (Å²) in [6.07, 6.45) is -3.47. The predicted molar refractivity (Wildman–Crippen MR) is 96.1 cm³/mol. The van der Waals surface area contributed by atoms with E-state index in [1.54, 1.807) is 18.4 Å². The normalized spacial score (nSPS) is 20.9. The van der Waals surface area contributed by atoms with Crippen molar-refractivity contribution in [1.82, 2.24) is 20.4 Å². The molecule has 1 aromatic rings. The van der Waals surface area contributed by atoms with Gasteiger partial charge >= 0.3 is 6.18 Å². The molecule has 2 heterocycles. The highest BCUT2D eigenvalue weighted by Gasteiger charge is 2.34. The van der Waals surface area contributed by atoms with Crippen LogP contribution in [0.15, 0.2) is 22.5 Å². The number of hydrogen-bond acceptors (Lipinski definition) is 4. The number of hydrogen-bond donors (Lipinski definition) is 2. The lowest BCUT2D eigenvalue weighted by Gasteiger charge is -2.25. The number of thiophene rings is 1. The summed E-state index contributed by atoms with van der Waals surface area (Å²) in [4.78, 5) is 9.02. The first kappa shape index (κ1) is 20.0. The van der Waals surface area contributed by atoms with Crippen molar-refractivity contribution in [2.24, 2.45) is 4.99 Å². The zero-order chi connectivity index (χ0) is 18.4. The Morgan fingerprint density at radius 1 is 1.48 bits per heavy atom. The zero-order valence-corrected chi connectivity index (χ0v) is 15.6. The van der Waals surface area contributed by atoms with Crippen LogP contribution < -0.4 is 10.6 Å². The molecule has 0 amide bonds. The molecule has 0 bridgehead atoms. The van der Waals surface area contributed by atoms with Crippen LogP contribution in [-0.4, -0.2) is 75.3 Å². The van der Waals surface area contributed by atoms with Gasteiger partial charge in [0, 0.05) is 37.6 Å². The van der Waals surface area contributed by atoms with Crippen LogP contribution in [0.5, 0.6) is 0 Å². The number of nitrogens with one attached hydrogen (secondary N) is 2. The van der Waals surface area contributed by atoms with Gasteiger partial charge in [0.1, 0.15) is 0 Å². The van der Waals surface area contributed by atoms with Crippen LogP contribution in [-0.2, 0) is 0 Å². The molecule has 1 saturated heterocycles. The fourth-order valence-electron chi connectivity index (χ4n) is 2.95. The third-order valence-corrected chi connectivity index (χ3v) is 5.17. The number of rotatable bonds is 6. The second-order valence-corrected chi connectivity index (χ2v) is 7.41. The summed E-state index contributed by atoms with van der Waals surface area (Å²) in [6, 6.07) is 4.31. The van der Waals surface area contributed by atoms with Gasteiger partial charge in [-0.2, -0.15) is 13.2 Å². The second kappa shape index (κ2) is 8.86. The molecule has 2 unspecified atom stereocenters. The number of aliphatic imine (C=N–C) groups is 1. The van der Waals surface area contributed by atoms with Gasteiger partial charge in [-0.3, -0.25) is 9.89 Å². The quantitative estimate of drug-likeness (QED) is 0.589. The van der Waals surface area contributed by atoms with E-state index >= 15 is 0 Å². The highest BCUT2D eigenvalue weighted by Crippen LogP contribution is 2.22. The average Bonchev–Trinajstić information content (AvgIpc) is 3.16. The molecular formula is C16H26F3N5S. The molecule has 1 fully saturated rings. The van der Waals surface area contributed by atoms with Crippen LogP contribution >= 0.6 is 11.3 Å². The summed E-state index contributed by atoms with van der Waals surface area (Å²) in [5.41, 5.74) is 0. The Labute approximate surface area is 150 Å². The van der Waals surface area contributed by atoms with E-state index < -0.39 is 12.7 Å². The molecule has 5 nitrogen and oxygen atoms in total. The molecular weight excluding hydrogens is 351 g/mol. The summed E-state index contributed by atoms with van der Waals surface area (Å²) in [6.45, 7) is 0.649. The van der Waals surface area contributed by atoms with E-state index in [1.807, 2.05) is 25.5 Å². The average molecular weight is 377 g/mol. The largest absolute Gasteiger partial charge is 0.401 e. The van der Waals surface area contributed by atoms with Crippen LogP contribution in [0.3, 0.4) is 0 Å². The maximum Gasteiger partial charge on any atom is 0.401 e. The number of guanidine groups is 1. The van der Waals surface area contributed by atoms with E-state index in [0.29, 0.717) is 32.0 Å². The molecule has 2 N–H and O–H groups in total. The molecule has 0 aliphatic carbocycles. The number of alkyl halides is 3. The number of likely N-dealkylation sites (N-methyl/N-ethyl adjacent to an activating group) is 1. The third kappa shape index (κ3) is 6.48. The highest BCUT2D eigenvalue weighted by atomic mass is 32.1. The Balaban J connectivity index is 1.83. The van der Waals surface area contributed by atoms with Gasteiger partial charge in [0.05, 0.1) is 12.6 Å². The molecule has 1 aromatic heterocycles. The van der Waals surface area contributed by atoms with Crippen molar-refractivity contribution >= 4 is 17.3 Å². The predicted octanol–water partition coefficient (Wildman–Crippen LogP) is 2.15. The minimum absolute atomic E-state index is 0.0203. The topological polar surface area (TPSA) is 42.9 Å². The van der Waals surface area contributed by atoms with Crippen LogP contribution in [0.2, 0.25) is 0 Å². The van der Waals surface area contributed by atoms with Gasteiger partial charge in [-0.05, 0) is 32.0 Å². The van der Waals surface area contributed by atoms with Crippen LogP contribution in [0, 0.1) is 0 Å². The molecule has 142 valence electrons. The van der Waals surface area contributed by atoms with E-state index in [-0.39, 0.29) is 12.1 Å². The first-order chi connectivity index (χ1) is 11.8.